The minimum absolute atomic E-state index is 0.167. The Morgan fingerprint density at radius 3 is 2.45 bits per heavy atom. The van der Waals surface area contributed by atoms with Crippen LogP contribution >= 0.6 is 0 Å². The van der Waals surface area contributed by atoms with Crippen LogP contribution in [0.4, 0.5) is 13.6 Å². The molecule has 2 N–H and O–H groups in total. The van der Waals surface area contributed by atoms with Gasteiger partial charge in [0.15, 0.2) is 0 Å². The highest BCUT2D eigenvalue weighted by Gasteiger charge is 2.51. The molecule has 1 atom stereocenters. The molecule has 0 aliphatic carbocycles. The van der Waals surface area contributed by atoms with Gasteiger partial charge in [-0.25, -0.2) is 13.6 Å². The Labute approximate surface area is 166 Å². The topological polar surface area (TPSA) is 78.5 Å². The van der Waals surface area contributed by atoms with E-state index in [9.17, 15) is 23.2 Å². The van der Waals surface area contributed by atoms with Crippen molar-refractivity contribution in [2.45, 2.75) is 25.3 Å². The van der Waals surface area contributed by atoms with Gasteiger partial charge in [0, 0.05) is 6.54 Å². The van der Waals surface area contributed by atoms with Crippen LogP contribution in [0.2, 0.25) is 0 Å². The lowest BCUT2D eigenvalue weighted by Gasteiger charge is -2.25. The van der Waals surface area contributed by atoms with E-state index in [1.807, 2.05) is 0 Å². The van der Waals surface area contributed by atoms with Crippen molar-refractivity contribution >= 4 is 17.8 Å². The molecule has 0 aromatic heterocycles. The molecule has 8 heteroatoms. The molecule has 0 bridgehead atoms. The minimum Gasteiger partial charge on any atom is -0.354 e. The van der Waals surface area contributed by atoms with E-state index in [0.717, 1.165) is 4.90 Å². The number of benzene rings is 2. The van der Waals surface area contributed by atoms with Crippen LogP contribution in [0.5, 0.6) is 0 Å². The SMILES string of the molecule is CC[C@@]1(c2ccc(F)cc2)NC(=O)N(CC(=O)NCCc2ccccc2F)C1=O. The molecule has 1 fully saturated rings. The summed E-state index contributed by atoms with van der Waals surface area (Å²) in [5.74, 6) is -1.91. The largest absolute Gasteiger partial charge is 0.354 e. The van der Waals surface area contributed by atoms with E-state index in [0.29, 0.717) is 11.1 Å². The van der Waals surface area contributed by atoms with Gasteiger partial charge < -0.3 is 10.6 Å². The first-order chi connectivity index (χ1) is 13.9. The maximum absolute atomic E-state index is 13.6. The third-order valence-electron chi connectivity index (χ3n) is 5.02. The van der Waals surface area contributed by atoms with E-state index in [-0.39, 0.29) is 25.2 Å². The summed E-state index contributed by atoms with van der Waals surface area (Å²) >= 11 is 0. The average Bonchev–Trinajstić information content (AvgIpc) is 2.95. The molecule has 0 unspecified atom stereocenters. The van der Waals surface area contributed by atoms with E-state index in [1.54, 1.807) is 25.1 Å². The van der Waals surface area contributed by atoms with Gasteiger partial charge in [-0.3, -0.25) is 14.5 Å². The molecular formula is C21H21F2N3O3. The van der Waals surface area contributed by atoms with Gasteiger partial charge in [-0.2, -0.15) is 0 Å². The maximum atomic E-state index is 13.6. The van der Waals surface area contributed by atoms with Crippen molar-refractivity contribution in [2.24, 2.45) is 0 Å². The number of carbonyl (C=O) groups excluding carboxylic acids is 3. The second-order valence-electron chi connectivity index (χ2n) is 6.78. The smallest absolute Gasteiger partial charge is 0.325 e. The van der Waals surface area contributed by atoms with Crippen molar-refractivity contribution in [3.63, 3.8) is 0 Å². The Morgan fingerprint density at radius 1 is 1.10 bits per heavy atom. The first kappa shape index (κ1) is 20.4. The Kier molecular flexibility index (Phi) is 5.91. The molecule has 152 valence electrons. The molecule has 29 heavy (non-hydrogen) atoms. The van der Waals surface area contributed by atoms with Crippen molar-refractivity contribution in [1.82, 2.24) is 15.5 Å². The standard InChI is InChI=1S/C21H21F2N3O3/c1-2-21(15-7-9-16(22)10-8-15)19(28)26(20(29)25-21)13-18(27)24-12-11-14-5-3-4-6-17(14)23/h3-10H,2,11-13H2,1H3,(H,24,27)(H,25,29)/t21-/m0/s1. The molecule has 2 aromatic rings. The zero-order valence-electron chi connectivity index (χ0n) is 15.9. The third-order valence-corrected chi connectivity index (χ3v) is 5.02. The second kappa shape index (κ2) is 8.38. The predicted octanol–water partition coefficient (Wildman–Crippen LogP) is 2.48. The quantitative estimate of drug-likeness (QED) is 0.700. The van der Waals surface area contributed by atoms with Crippen LogP contribution in [0, 0.1) is 11.6 Å². The van der Waals surface area contributed by atoms with Gasteiger partial charge >= 0.3 is 6.03 Å². The van der Waals surface area contributed by atoms with E-state index in [2.05, 4.69) is 10.6 Å². The molecule has 0 spiro atoms. The minimum atomic E-state index is -1.34. The first-order valence-corrected chi connectivity index (χ1v) is 9.27. The number of halogens is 2. The highest BCUT2D eigenvalue weighted by atomic mass is 19.1. The Balaban J connectivity index is 1.64. The van der Waals surface area contributed by atoms with E-state index < -0.39 is 35.7 Å². The lowest BCUT2D eigenvalue weighted by Crippen LogP contribution is -2.45. The molecule has 6 nitrogen and oxygen atoms in total. The molecule has 2 aromatic carbocycles. The fourth-order valence-corrected chi connectivity index (χ4v) is 3.38. The number of urea groups is 1. The summed E-state index contributed by atoms with van der Waals surface area (Å²) in [7, 11) is 0. The van der Waals surface area contributed by atoms with Gasteiger partial charge in [0.2, 0.25) is 5.91 Å². The van der Waals surface area contributed by atoms with Crippen LogP contribution in [0.15, 0.2) is 48.5 Å². The predicted molar refractivity (Wildman–Crippen MR) is 102 cm³/mol. The number of hydrogen-bond donors (Lipinski definition) is 2. The Hall–Kier alpha value is -3.29. The van der Waals surface area contributed by atoms with Crippen LogP contribution in [0.25, 0.3) is 0 Å². The molecule has 1 heterocycles. The van der Waals surface area contributed by atoms with E-state index in [1.165, 1.54) is 30.3 Å². The number of amides is 4. The normalized spacial score (nSPS) is 18.7. The summed E-state index contributed by atoms with van der Waals surface area (Å²) in [5.41, 5.74) is -0.426. The van der Waals surface area contributed by atoms with Gasteiger partial charge in [0.1, 0.15) is 23.7 Å². The fraction of sp³-hybridized carbons (Fsp3) is 0.286. The van der Waals surface area contributed by atoms with Gasteiger partial charge in [0.05, 0.1) is 0 Å². The number of hydrogen-bond acceptors (Lipinski definition) is 3. The second-order valence-corrected chi connectivity index (χ2v) is 6.78. The van der Waals surface area contributed by atoms with Gasteiger partial charge in [-0.1, -0.05) is 37.3 Å². The zero-order chi connectivity index (χ0) is 21.0. The molecule has 1 aliphatic rings. The number of rotatable bonds is 7. The summed E-state index contributed by atoms with van der Waals surface area (Å²) in [6, 6.07) is 10.9. The highest BCUT2D eigenvalue weighted by Crippen LogP contribution is 2.32. The average molecular weight is 401 g/mol. The fourth-order valence-electron chi connectivity index (χ4n) is 3.38. The molecule has 4 amide bonds. The van der Waals surface area contributed by atoms with Crippen molar-refractivity contribution in [1.29, 1.82) is 0 Å². The summed E-state index contributed by atoms with van der Waals surface area (Å²) in [5, 5.41) is 5.22. The van der Waals surface area contributed by atoms with Crippen LogP contribution in [0.3, 0.4) is 0 Å². The Bertz CT molecular complexity index is 933. The summed E-state index contributed by atoms with van der Waals surface area (Å²) in [6.07, 6.45) is 0.529. The molecular weight excluding hydrogens is 380 g/mol. The number of imide groups is 1. The van der Waals surface area contributed by atoms with Crippen molar-refractivity contribution in [3.05, 3.63) is 71.3 Å². The number of nitrogens with one attached hydrogen (secondary N) is 2. The van der Waals surface area contributed by atoms with E-state index >= 15 is 0 Å². The van der Waals surface area contributed by atoms with Gasteiger partial charge in [0.25, 0.3) is 5.91 Å². The lowest BCUT2D eigenvalue weighted by atomic mass is 9.87. The monoisotopic (exact) mass is 401 g/mol. The zero-order valence-corrected chi connectivity index (χ0v) is 15.9. The van der Waals surface area contributed by atoms with Crippen molar-refractivity contribution in [3.8, 4) is 0 Å². The summed E-state index contributed by atoms with van der Waals surface area (Å²) in [4.78, 5) is 38.4. The molecule has 1 saturated heterocycles. The highest BCUT2D eigenvalue weighted by molar-refractivity contribution is 6.09. The van der Waals surface area contributed by atoms with Crippen LogP contribution in [0.1, 0.15) is 24.5 Å². The van der Waals surface area contributed by atoms with Gasteiger partial charge in [-0.15, -0.1) is 0 Å². The maximum Gasteiger partial charge on any atom is 0.325 e. The van der Waals surface area contributed by atoms with E-state index in [4.69, 9.17) is 0 Å². The van der Waals surface area contributed by atoms with Crippen molar-refractivity contribution < 1.29 is 23.2 Å². The van der Waals surface area contributed by atoms with Crippen LogP contribution in [-0.4, -0.2) is 35.8 Å². The molecule has 0 radical (unpaired) electrons. The van der Waals surface area contributed by atoms with Crippen LogP contribution < -0.4 is 10.6 Å². The summed E-state index contributed by atoms with van der Waals surface area (Å²) < 4.78 is 26.8. The lowest BCUT2D eigenvalue weighted by molar-refractivity contribution is -0.135. The van der Waals surface area contributed by atoms with Gasteiger partial charge in [-0.05, 0) is 42.2 Å². The summed E-state index contributed by atoms with van der Waals surface area (Å²) in [6.45, 7) is 1.44. The van der Waals surface area contributed by atoms with Crippen LogP contribution in [-0.2, 0) is 21.5 Å². The van der Waals surface area contributed by atoms with Crippen molar-refractivity contribution in [2.75, 3.05) is 13.1 Å². The third kappa shape index (κ3) is 4.11. The Morgan fingerprint density at radius 2 is 1.79 bits per heavy atom. The first-order valence-electron chi connectivity index (χ1n) is 9.27. The number of carbonyl (C=O) groups is 3. The number of nitrogens with zero attached hydrogens (tertiary/aromatic N) is 1. The molecule has 0 saturated carbocycles. The molecule has 1 aliphatic heterocycles. The molecule has 3 rings (SSSR count).